The summed E-state index contributed by atoms with van der Waals surface area (Å²) in [7, 11) is 1.72. The van der Waals surface area contributed by atoms with E-state index in [0.717, 1.165) is 0 Å². The zero-order valence-corrected chi connectivity index (χ0v) is 10.2. The zero-order chi connectivity index (χ0) is 12.6. The summed E-state index contributed by atoms with van der Waals surface area (Å²) >= 11 is 5.42. The van der Waals surface area contributed by atoms with Gasteiger partial charge >= 0.3 is 0 Å². The Labute approximate surface area is 103 Å². The van der Waals surface area contributed by atoms with E-state index >= 15 is 0 Å². The van der Waals surface area contributed by atoms with Gasteiger partial charge in [-0.05, 0) is 30.7 Å². The molecule has 2 aromatic rings. The van der Waals surface area contributed by atoms with Crippen LogP contribution >= 0.6 is 11.6 Å². The third-order valence-corrected chi connectivity index (χ3v) is 2.94. The summed E-state index contributed by atoms with van der Waals surface area (Å²) in [6, 6.07) is 9.10. The first-order chi connectivity index (χ1) is 8.04. The van der Waals surface area contributed by atoms with Crippen LogP contribution in [0.2, 0.25) is 0 Å². The SMILES string of the molecule is Cc1c(C(=O)Cl)c(=O)n(-c2ccccc2)n1C. The Morgan fingerprint density at radius 1 is 1.24 bits per heavy atom. The van der Waals surface area contributed by atoms with Crippen molar-refractivity contribution in [3.05, 3.63) is 51.9 Å². The summed E-state index contributed by atoms with van der Waals surface area (Å²) < 4.78 is 3.04. The molecular weight excluding hydrogens is 240 g/mol. The van der Waals surface area contributed by atoms with E-state index in [-0.39, 0.29) is 5.56 Å². The van der Waals surface area contributed by atoms with Gasteiger partial charge in [0.1, 0.15) is 5.56 Å². The number of carbonyl (C=O) groups is 1. The lowest BCUT2D eigenvalue weighted by molar-refractivity contribution is 0.108. The molecule has 2 rings (SSSR count). The first-order valence-electron chi connectivity index (χ1n) is 5.08. The van der Waals surface area contributed by atoms with E-state index in [4.69, 9.17) is 11.6 Å². The fourth-order valence-corrected chi connectivity index (χ4v) is 2.01. The molecule has 0 aliphatic heterocycles. The van der Waals surface area contributed by atoms with Crippen molar-refractivity contribution in [3.8, 4) is 5.69 Å². The molecule has 0 N–H and O–H groups in total. The highest BCUT2D eigenvalue weighted by molar-refractivity contribution is 6.67. The van der Waals surface area contributed by atoms with Crippen LogP contribution in [0.5, 0.6) is 0 Å². The molecule has 0 radical (unpaired) electrons. The summed E-state index contributed by atoms with van der Waals surface area (Å²) in [4.78, 5) is 23.3. The lowest BCUT2D eigenvalue weighted by Gasteiger charge is -2.07. The molecule has 0 bridgehead atoms. The van der Waals surface area contributed by atoms with Crippen molar-refractivity contribution in [1.29, 1.82) is 0 Å². The smallest absolute Gasteiger partial charge is 0.283 e. The molecule has 1 aromatic carbocycles. The topological polar surface area (TPSA) is 44.0 Å². The highest BCUT2D eigenvalue weighted by atomic mass is 35.5. The van der Waals surface area contributed by atoms with Crippen LogP contribution in [-0.2, 0) is 7.05 Å². The molecule has 17 heavy (non-hydrogen) atoms. The predicted octanol–water partition coefficient (Wildman–Crippen LogP) is 1.86. The molecule has 0 amide bonds. The summed E-state index contributed by atoms with van der Waals surface area (Å²) in [5, 5.41) is -0.724. The average Bonchev–Trinajstić information content (AvgIpc) is 2.51. The third-order valence-electron chi connectivity index (χ3n) is 2.75. The Bertz CT molecular complexity index is 626. The van der Waals surface area contributed by atoms with Crippen LogP contribution in [0.25, 0.3) is 5.69 Å². The maximum absolute atomic E-state index is 12.1. The maximum atomic E-state index is 12.1. The molecule has 0 saturated heterocycles. The normalized spacial score (nSPS) is 10.5. The second-order valence-electron chi connectivity index (χ2n) is 3.71. The average molecular weight is 251 g/mol. The monoisotopic (exact) mass is 250 g/mol. The Morgan fingerprint density at radius 3 is 2.29 bits per heavy atom. The fourth-order valence-electron chi connectivity index (χ4n) is 1.79. The largest absolute Gasteiger partial charge is 0.285 e. The van der Waals surface area contributed by atoms with E-state index in [9.17, 15) is 9.59 Å². The standard InChI is InChI=1S/C12H11ClN2O2/c1-8-10(11(13)16)12(17)15(14(8)2)9-6-4-3-5-7-9/h3-7H,1-2H3. The van der Waals surface area contributed by atoms with Crippen molar-refractivity contribution in [3.63, 3.8) is 0 Å². The van der Waals surface area contributed by atoms with Crippen molar-refractivity contribution in [2.24, 2.45) is 7.05 Å². The molecule has 5 heteroatoms. The van der Waals surface area contributed by atoms with E-state index in [2.05, 4.69) is 0 Å². The van der Waals surface area contributed by atoms with Crippen LogP contribution in [0.4, 0.5) is 0 Å². The first kappa shape index (κ1) is 11.7. The van der Waals surface area contributed by atoms with Crippen molar-refractivity contribution in [2.45, 2.75) is 6.92 Å². The summed E-state index contributed by atoms with van der Waals surface area (Å²) in [5.74, 6) is 0. The number of para-hydroxylation sites is 1. The molecular formula is C12H11ClN2O2. The molecule has 88 valence electrons. The minimum atomic E-state index is -0.724. The minimum Gasteiger partial charge on any atom is -0.285 e. The second-order valence-corrected chi connectivity index (χ2v) is 4.05. The van der Waals surface area contributed by atoms with Gasteiger partial charge in [-0.2, -0.15) is 0 Å². The first-order valence-corrected chi connectivity index (χ1v) is 5.45. The van der Waals surface area contributed by atoms with Crippen molar-refractivity contribution >= 4 is 16.8 Å². The lowest BCUT2D eigenvalue weighted by atomic mass is 10.3. The number of hydrogen-bond donors (Lipinski definition) is 0. The van der Waals surface area contributed by atoms with Crippen molar-refractivity contribution in [1.82, 2.24) is 9.36 Å². The van der Waals surface area contributed by atoms with Gasteiger partial charge in [0.2, 0.25) is 0 Å². The van der Waals surface area contributed by atoms with Gasteiger partial charge in [0.05, 0.1) is 5.69 Å². The maximum Gasteiger partial charge on any atom is 0.283 e. The van der Waals surface area contributed by atoms with Crippen LogP contribution in [-0.4, -0.2) is 14.6 Å². The number of carbonyl (C=O) groups excluding carboxylic acids is 1. The van der Waals surface area contributed by atoms with Crippen LogP contribution < -0.4 is 5.56 Å². The zero-order valence-electron chi connectivity index (χ0n) is 9.48. The highest BCUT2D eigenvalue weighted by Crippen LogP contribution is 2.11. The van der Waals surface area contributed by atoms with Gasteiger partial charge in [-0.3, -0.25) is 14.3 Å². The molecule has 0 saturated carbocycles. The minimum absolute atomic E-state index is 0.0259. The predicted molar refractivity (Wildman–Crippen MR) is 65.9 cm³/mol. The van der Waals surface area contributed by atoms with Crippen molar-refractivity contribution < 1.29 is 4.79 Å². The van der Waals surface area contributed by atoms with E-state index in [1.807, 2.05) is 18.2 Å². The molecule has 0 spiro atoms. The third kappa shape index (κ3) is 1.80. The van der Waals surface area contributed by atoms with Crippen LogP contribution in [0.1, 0.15) is 16.1 Å². The number of hydrogen-bond acceptors (Lipinski definition) is 2. The van der Waals surface area contributed by atoms with Gasteiger partial charge in [0.25, 0.3) is 10.8 Å². The van der Waals surface area contributed by atoms with Crippen LogP contribution in [0, 0.1) is 6.92 Å². The highest BCUT2D eigenvalue weighted by Gasteiger charge is 2.20. The van der Waals surface area contributed by atoms with Gasteiger partial charge in [-0.15, -0.1) is 0 Å². The van der Waals surface area contributed by atoms with E-state index in [1.165, 1.54) is 4.68 Å². The van der Waals surface area contributed by atoms with Crippen LogP contribution in [0.3, 0.4) is 0 Å². The molecule has 0 fully saturated rings. The molecule has 0 aliphatic rings. The number of rotatable bonds is 2. The molecule has 0 unspecified atom stereocenters. The lowest BCUT2D eigenvalue weighted by Crippen LogP contribution is -2.21. The van der Waals surface area contributed by atoms with Gasteiger partial charge in [-0.1, -0.05) is 18.2 Å². The Balaban J connectivity index is 2.77. The number of aromatic nitrogens is 2. The van der Waals surface area contributed by atoms with Gasteiger partial charge in [-0.25, -0.2) is 4.68 Å². The Hall–Kier alpha value is -1.81. The van der Waals surface area contributed by atoms with E-state index in [0.29, 0.717) is 11.4 Å². The summed E-state index contributed by atoms with van der Waals surface area (Å²) in [6.07, 6.45) is 0. The molecule has 0 aliphatic carbocycles. The summed E-state index contributed by atoms with van der Waals surface area (Å²) in [5.41, 5.74) is 0.889. The molecule has 1 heterocycles. The van der Waals surface area contributed by atoms with Gasteiger partial charge in [0, 0.05) is 12.7 Å². The quantitative estimate of drug-likeness (QED) is 0.764. The van der Waals surface area contributed by atoms with Gasteiger partial charge < -0.3 is 0 Å². The number of nitrogens with zero attached hydrogens (tertiary/aromatic N) is 2. The second kappa shape index (κ2) is 4.22. The van der Waals surface area contributed by atoms with Crippen LogP contribution in [0.15, 0.2) is 35.1 Å². The Kier molecular flexibility index (Phi) is 2.90. The number of benzene rings is 1. The fraction of sp³-hybridized carbons (Fsp3) is 0.167. The number of halogens is 1. The van der Waals surface area contributed by atoms with E-state index in [1.54, 1.807) is 30.8 Å². The summed E-state index contributed by atoms with van der Waals surface area (Å²) in [6.45, 7) is 1.69. The molecule has 4 nitrogen and oxygen atoms in total. The molecule has 1 aromatic heterocycles. The van der Waals surface area contributed by atoms with Gasteiger partial charge in [0.15, 0.2) is 0 Å². The molecule has 0 atom stereocenters. The van der Waals surface area contributed by atoms with Crippen molar-refractivity contribution in [2.75, 3.05) is 0 Å². The van der Waals surface area contributed by atoms with E-state index < -0.39 is 10.8 Å². The Morgan fingerprint density at radius 2 is 1.82 bits per heavy atom.